The van der Waals surface area contributed by atoms with Crippen LogP contribution >= 0.6 is 12.4 Å². The Bertz CT molecular complexity index is 395. The zero-order valence-corrected chi connectivity index (χ0v) is 16.2. The Morgan fingerprint density at radius 1 is 1.04 bits per heavy atom. The average Bonchev–Trinajstić information content (AvgIpc) is 2.48. The van der Waals surface area contributed by atoms with Crippen molar-refractivity contribution < 1.29 is 4.79 Å². The van der Waals surface area contributed by atoms with E-state index in [9.17, 15) is 4.79 Å². The minimum Gasteiger partial charge on any atom is -0.353 e. The number of fused-ring (bicyclic) bond motifs is 2. The molecule has 0 aromatic carbocycles. The van der Waals surface area contributed by atoms with E-state index in [1.165, 1.54) is 38.6 Å². The van der Waals surface area contributed by atoms with Crippen LogP contribution in [0.5, 0.6) is 0 Å². The van der Waals surface area contributed by atoms with E-state index in [-0.39, 0.29) is 18.3 Å². The van der Waals surface area contributed by atoms with Crippen molar-refractivity contribution in [2.45, 2.75) is 69.9 Å². The molecule has 0 radical (unpaired) electrons. The van der Waals surface area contributed by atoms with Crippen LogP contribution in [0.3, 0.4) is 0 Å². The number of carbonyl (C=O) groups excluding carboxylic acids is 1. The summed E-state index contributed by atoms with van der Waals surface area (Å²) in [5, 5.41) is 3.37. The molecule has 0 saturated heterocycles. The number of nitrogens with one attached hydrogen (secondary N) is 1. The van der Waals surface area contributed by atoms with Crippen molar-refractivity contribution in [3.63, 3.8) is 0 Å². The van der Waals surface area contributed by atoms with Crippen LogP contribution in [0.1, 0.15) is 57.8 Å². The van der Waals surface area contributed by atoms with Crippen LogP contribution in [0.15, 0.2) is 0 Å². The Morgan fingerprint density at radius 3 is 2.17 bits per heavy atom. The molecule has 3 rings (SSSR count). The molecule has 3 aliphatic rings. The molecule has 140 valence electrons. The van der Waals surface area contributed by atoms with E-state index in [1.54, 1.807) is 0 Å². The lowest BCUT2D eigenvalue weighted by atomic mass is 9.65. The predicted octanol–water partition coefficient (Wildman–Crippen LogP) is 2.80. The molecule has 0 heterocycles. The molecule has 24 heavy (non-hydrogen) atoms. The second kappa shape index (κ2) is 8.86. The number of nitrogens with zero attached hydrogens (tertiary/aromatic N) is 1. The standard InChI is InChI=1S/C19H35N3O.ClH/c1-22(2)12-13-6-8-17(9-7-13)21-19(23)16-10-14-4-3-5-15(11-16)18(14)20;/h13-18H,3-12,20H2,1-2H3,(H,21,23);1H. The fourth-order valence-electron chi connectivity index (χ4n) is 5.33. The Kier molecular flexibility index (Phi) is 7.39. The molecule has 2 unspecified atom stereocenters. The molecule has 0 spiro atoms. The van der Waals surface area contributed by atoms with Gasteiger partial charge in [0.1, 0.15) is 0 Å². The van der Waals surface area contributed by atoms with Crippen molar-refractivity contribution in [1.82, 2.24) is 10.2 Å². The van der Waals surface area contributed by atoms with E-state index < -0.39 is 0 Å². The van der Waals surface area contributed by atoms with Gasteiger partial charge in [0, 0.05) is 24.5 Å². The minimum atomic E-state index is 0. The van der Waals surface area contributed by atoms with Crippen molar-refractivity contribution in [2.24, 2.45) is 29.4 Å². The van der Waals surface area contributed by atoms with Gasteiger partial charge in [-0.05, 0) is 83.2 Å². The third-order valence-corrected chi connectivity index (χ3v) is 6.60. The summed E-state index contributed by atoms with van der Waals surface area (Å²) in [5.41, 5.74) is 6.35. The molecule has 0 aliphatic heterocycles. The quantitative estimate of drug-likeness (QED) is 0.813. The van der Waals surface area contributed by atoms with Crippen LogP contribution in [0, 0.1) is 23.7 Å². The second-order valence-electron chi connectivity index (χ2n) is 8.69. The summed E-state index contributed by atoms with van der Waals surface area (Å²) in [5.74, 6) is 2.54. The molecule has 4 nitrogen and oxygen atoms in total. The van der Waals surface area contributed by atoms with Crippen LogP contribution in [0.25, 0.3) is 0 Å². The van der Waals surface area contributed by atoms with E-state index in [2.05, 4.69) is 24.3 Å². The number of carbonyl (C=O) groups is 1. The van der Waals surface area contributed by atoms with E-state index in [0.29, 0.717) is 29.8 Å². The normalized spacial score (nSPS) is 39.2. The third-order valence-electron chi connectivity index (χ3n) is 6.60. The highest BCUT2D eigenvalue weighted by Gasteiger charge is 2.40. The van der Waals surface area contributed by atoms with Gasteiger partial charge in [0.15, 0.2) is 0 Å². The number of halogens is 1. The van der Waals surface area contributed by atoms with E-state index >= 15 is 0 Å². The van der Waals surface area contributed by atoms with Crippen molar-refractivity contribution in [3.8, 4) is 0 Å². The maximum Gasteiger partial charge on any atom is 0.223 e. The summed E-state index contributed by atoms with van der Waals surface area (Å²) in [6.45, 7) is 1.19. The smallest absolute Gasteiger partial charge is 0.223 e. The maximum absolute atomic E-state index is 12.7. The summed E-state index contributed by atoms with van der Waals surface area (Å²) in [6.07, 6.45) is 10.7. The van der Waals surface area contributed by atoms with Crippen molar-refractivity contribution in [3.05, 3.63) is 0 Å². The summed E-state index contributed by atoms with van der Waals surface area (Å²) in [7, 11) is 4.30. The number of hydrogen-bond acceptors (Lipinski definition) is 3. The first-order valence-electron chi connectivity index (χ1n) is 9.73. The highest BCUT2D eigenvalue weighted by atomic mass is 35.5. The van der Waals surface area contributed by atoms with E-state index in [1.807, 2.05) is 0 Å². The zero-order chi connectivity index (χ0) is 16.4. The van der Waals surface area contributed by atoms with Crippen LogP contribution in [-0.2, 0) is 4.79 Å². The molecule has 3 aliphatic carbocycles. The Labute approximate surface area is 153 Å². The van der Waals surface area contributed by atoms with Crippen molar-refractivity contribution in [2.75, 3.05) is 20.6 Å². The van der Waals surface area contributed by atoms with E-state index in [4.69, 9.17) is 5.73 Å². The average molecular weight is 358 g/mol. The summed E-state index contributed by atoms with van der Waals surface area (Å²) < 4.78 is 0. The van der Waals surface area contributed by atoms with Gasteiger partial charge in [0.2, 0.25) is 5.91 Å². The molecule has 0 aromatic heterocycles. The fourth-order valence-corrected chi connectivity index (χ4v) is 5.33. The second-order valence-corrected chi connectivity index (χ2v) is 8.69. The van der Waals surface area contributed by atoms with Crippen molar-refractivity contribution >= 4 is 18.3 Å². The SMILES string of the molecule is CN(C)CC1CCC(NC(=O)C2CC3CCCC(C2)C3N)CC1.Cl. The summed E-state index contributed by atoms with van der Waals surface area (Å²) in [6, 6.07) is 0.769. The highest BCUT2D eigenvalue weighted by Crippen LogP contribution is 2.42. The Hall–Kier alpha value is -0.320. The third kappa shape index (κ3) is 4.86. The molecular weight excluding hydrogens is 322 g/mol. The van der Waals surface area contributed by atoms with Gasteiger partial charge >= 0.3 is 0 Å². The zero-order valence-electron chi connectivity index (χ0n) is 15.4. The van der Waals surface area contributed by atoms with Crippen LogP contribution < -0.4 is 11.1 Å². The van der Waals surface area contributed by atoms with Crippen LogP contribution in [0.4, 0.5) is 0 Å². The first kappa shape index (κ1) is 20.0. The van der Waals surface area contributed by atoms with Gasteiger partial charge in [0.05, 0.1) is 0 Å². The van der Waals surface area contributed by atoms with Gasteiger partial charge < -0.3 is 16.0 Å². The van der Waals surface area contributed by atoms with Gasteiger partial charge in [-0.15, -0.1) is 12.4 Å². The predicted molar refractivity (Wildman–Crippen MR) is 101 cm³/mol. The topological polar surface area (TPSA) is 58.4 Å². The van der Waals surface area contributed by atoms with Gasteiger partial charge in [-0.2, -0.15) is 0 Å². The van der Waals surface area contributed by atoms with Gasteiger partial charge in [0.25, 0.3) is 0 Å². The fraction of sp³-hybridized carbons (Fsp3) is 0.947. The number of hydrogen-bond donors (Lipinski definition) is 2. The first-order chi connectivity index (χ1) is 11.0. The lowest BCUT2D eigenvalue weighted by Gasteiger charge is -2.44. The molecular formula is C19H36ClN3O. The highest BCUT2D eigenvalue weighted by molar-refractivity contribution is 5.85. The minimum absolute atomic E-state index is 0. The molecule has 3 fully saturated rings. The Balaban J connectivity index is 0.00000208. The molecule has 3 N–H and O–H groups in total. The van der Waals surface area contributed by atoms with Crippen LogP contribution in [0.2, 0.25) is 0 Å². The molecule has 5 heteroatoms. The lowest BCUT2D eigenvalue weighted by molar-refractivity contribution is -0.128. The lowest BCUT2D eigenvalue weighted by Crippen LogP contribution is -2.50. The maximum atomic E-state index is 12.7. The van der Waals surface area contributed by atoms with Gasteiger partial charge in [-0.3, -0.25) is 4.79 Å². The molecule has 3 saturated carbocycles. The van der Waals surface area contributed by atoms with Crippen LogP contribution in [-0.4, -0.2) is 43.5 Å². The number of amides is 1. The number of nitrogens with two attached hydrogens (primary N) is 1. The first-order valence-corrected chi connectivity index (χ1v) is 9.73. The largest absolute Gasteiger partial charge is 0.353 e. The molecule has 2 atom stereocenters. The summed E-state index contributed by atoms with van der Waals surface area (Å²) in [4.78, 5) is 15.0. The molecule has 2 bridgehead atoms. The van der Waals surface area contributed by atoms with Gasteiger partial charge in [-0.25, -0.2) is 0 Å². The number of rotatable bonds is 4. The monoisotopic (exact) mass is 357 g/mol. The molecule has 0 aromatic rings. The van der Waals surface area contributed by atoms with Crippen molar-refractivity contribution in [1.29, 1.82) is 0 Å². The van der Waals surface area contributed by atoms with Gasteiger partial charge in [-0.1, -0.05) is 6.42 Å². The molecule has 1 amide bonds. The van der Waals surface area contributed by atoms with E-state index in [0.717, 1.165) is 31.6 Å². The summed E-state index contributed by atoms with van der Waals surface area (Å²) >= 11 is 0. The Morgan fingerprint density at radius 2 is 1.62 bits per heavy atom.